The van der Waals surface area contributed by atoms with Crippen LogP contribution in [0.25, 0.3) is 106 Å². The zero-order valence-corrected chi connectivity index (χ0v) is 33.9. The number of hydrogen-bond donors (Lipinski definition) is 0. The van der Waals surface area contributed by atoms with Gasteiger partial charge in [-0.1, -0.05) is 122 Å². The van der Waals surface area contributed by atoms with Gasteiger partial charge >= 0.3 is 0 Å². The van der Waals surface area contributed by atoms with E-state index in [1.54, 1.807) is 6.07 Å². The van der Waals surface area contributed by atoms with Crippen LogP contribution in [0.4, 0.5) is 0 Å². The minimum Gasteiger partial charge on any atom is -0.309 e. The molecule has 0 aliphatic carbocycles. The lowest BCUT2D eigenvalue weighted by Crippen LogP contribution is -2.00. The summed E-state index contributed by atoms with van der Waals surface area (Å²) >= 11 is 0. The topological polar surface area (TPSA) is 62.4 Å². The molecular formula is C57H37N5. The van der Waals surface area contributed by atoms with E-state index in [1.165, 1.54) is 10.8 Å². The van der Waals surface area contributed by atoms with Crippen LogP contribution in [-0.2, 0) is 0 Å². The molecule has 0 spiro atoms. The lowest BCUT2D eigenvalue weighted by Gasteiger charge is -2.17. The predicted octanol–water partition coefficient (Wildman–Crippen LogP) is 14.6. The van der Waals surface area contributed by atoms with E-state index in [9.17, 15) is 10.5 Å². The summed E-state index contributed by atoms with van der Waals surface area (Å²) in [5.74, 6) is 0. The van der Waals surface area contributed by atoms with Crippen molar-refractivity contribution in [3.63, 3.8) is 0 Å². The van der Waals surface area contributed by atoms with E-state index in [-0.39, 0.29) is 0 Å². The normalized spacial score (nSPS) is 11.6. The molecule has 5 heteroatoms. The third-order valence-electron chi connectivity index (χ3n) is 12.2. The molecule has 0 aliphatic rings. The van der Waals surface area contributed by atoms with Gasteiger partial charge in [-0.25, -0.2) is 0 Å². The fourth-order valence-corrected chi connectivity index (χ4v) is 9.56. The molecule has 0 fully saturated rings. The zero-order valence-electron chi connectivity index (χ0n) is 33.9. The van der Waals surface area contributed by atoms with Crippen molar-refractivity contribution in [1.29, 1.82) is 10.5 Å². The number of allylic oxidation sites excluding steroid dienone is 1. The summed E-state index contributed by atoms with van der Waals surface area (Å²) in [5, 5.41) is 25.4. The molecule has 0 saturated heterocycles. The number of para-hydroxylation sites is 3. The van der Waals surface area contributed by atoms with Crippen LogP contribution in [0, 0.1) is 22.7 Å². The van der Waals surface area contributed by atoms with Crippen molar-refractivity contribution in [3.05, 3.63) is 211 Å². The van der Waals surface area contributed by atoms with Gasteiger partial charge in [0.15, 0.2) is 0 Å². The Morgan fingerprint density at radius 3 is 1.87 bits per heavy atom. The molecule has 0 radical (unpaired) electrons. The SMILES string of the molecule is C=Cc1c(/C=C\C)n(-c2ccc3c(c2)c2ccc4c(c5ccccc5n4-c4ccccc4)c2n3-c2ccc(-c3ccc(C#N)c(C#N)c3)cc2-c2ccccc2)c2ccccc12. The molecule has 3 aromatic heterocycles. The first kappa shape index (κ1) is 36.4. The van der Waals surface area contributed by atoms with Gasteiger partial charge < -0.3 is 13.7 Å². The third kappa shape index (κ3) is 5.47. The Morgan fingerprint density at radius 1 is 0.484 bits per heavy atom. The number of hydrogen-bond acceptors (Lipinski definition) is 2. The molecule has 0 unspecified atom stereocenters. The van der Waals surface area contributed by atoms with Gasteiger partial charge in [-0.3, -0.25) is 0 Å². The van der Waals surface area contributed by atoms with E-state index in [0.29, 0.717) is 11.1 Å². The molecule has 62 heavy (non-hydrogen) atoms. The van der Waals surface area contributed by atoms with Crippen molar-refractivity contribution in [2.75, 3.05) is 0 Å². The lowest BCUT2D eigenvalue weighted by molar-refractivity contribution is 1.11. The van der Waals surface area contributed by atoms with Gasteiger partial charge in [0.25, 0.3) is 0 Å². The second-order valence-corrected chi connectivity index (χ2v) is 15.5. The highest BCUT2D eigenvalue weighted by atomic mass is 15.0. The molecular weight excluding hydrogens is 755 g/mol. The van der Waals surface area contributed by atoms with Gasteiger partial charge in [-0.05, 0) is 102 Å². The number of rotatable bonds is 7. The lowest BCUT2D eigenvalue weighted by atomic mass is 9.95. The van der Waals surface area contributed by atoms with E-state index in [2.05, 4.69) is 203 Å². The standard InChI is InChI=1S/C57H37N5/c1-3-15-50-44(4-2)45-20-11-13-22-51(45)61(50)43-27-30-54-49(34-43)46-28-31-55-56(47-21-12-14-23-52(47)60(55)42-18-9-6-10-19-42)57(46)62(54)53-29-26-39(33-48(53)37-16-7-5-8-17-37)38-24-25-40(35-58)41(32-38)36-59/h3-34H,2H2,1H3/b15-3-. The summed E-state index contributed by atoms with van der Waals surface area (Å²) in [5.41, 5.74) is 15.6. The average Bonchev–Trinajstić information content (AvgIpc) is 3.96. The van der Waals surface area contributed by atoms with Crippen molar-refractivity contribution in [2.24, 2.45) is 0 Å². The maximum Gasteiger partial charge on any atom is 0.101 e. The van der Waals surface area contributed by atoms with Crippen LogP contribution in [0.5, 0.6) is 0 Å². The van der Waals surface area contributed by atoms with Crippen molar-refractivity contribution in [3.8, 4) is 51.5 Å². The first-order valence-corrected chi connectivity index (χ1v) is 20.7. The molecule has 290 valence electrons. The summed E-state index contributed by atoms with van der Waals surface area (Å²) in [6.07, 6.45) is 6.23. The predicted molar refractivity (Wildman–Crippen MR) is 257 cm³/mol. The van der Waals surface area contributed by atoms with Gasteiger partial charge in [-0.15, -0.1) is 0 Å². The fraction of sp³-hybridized carbons (Fsp3) is 0.0175. The van der Waals surface area contributed by atoms with Crippen LogP contribution < -0.4 is 0 Å². The van der Waals surface area contributed by atoms with Gasteiger partial charge in [0, 0.05) is 49.4 Å². The Morgan fingerprint density at radius 2 is 1.13 bits per heavy atom. The first-order chi connectivity index (χ1) is 30.6. The Hall–Kier alpha value is -8.64. The molecule has 0 N–H and O–H groups in total. The third-order valence-corrected chi connectivity index (χ3v) is 12.2. The maximum absolute atomic E-state index is 9.94. The monoisotopic (exact) mass is 791 g/mol. The highest BCUT2D eigenvalue weighted by molar-refractivity contribution is 6.26. The Bertz CT molecular complexity index is 3730. The summed E-state index contributed by atoms with van der Waals surface area (Å²) in [6, 6.07) is 66.2. The van der Waals surface area contributed by atoms with Crippen LogP contribution in [0.2, 0.25) is 0 Å². The highest BCUT2D eigenvalue weighted by Gasteiger charge is 2.24. The van der Waals surface area contributed by atoms with Crippen LogP contribution in [0.3, 0.4) is 0 Å². The van der Waals surface area contributed by atoms with E-state index in [4.69, 9.17) is 0 Å². The molecule has 11 aromatic rings. The first-order valence-electron chi connectivity index (χ1n) is 20.7. The Balaban J connectivity index is 1.29. The number of nitriles is 2. The minimum atomic E-state index is 0.360. The second-order valence-electron chi connectivity index (χ2n) is 15.5. The van der Waals surface area contributed by atoms with Gasteiger partial charge in [0.2, 0.25) is 0 Å². The molecule has 0 atom stereocenters. The molecule has 0 aliphatic heterocycles. The summed E-state index contributed by atoms with van der Waals surface area (Å²) < 4.78 is 7.19. The van der Waals surface area contributed by atoms with E-state index < -0.39 is 0 Å². The minimum absolute atomic E-state index is 0.360. The van der Waals surface area contributed by atoms with Crippen molar-refractivity contribution >= 4 is 66.7 Å². The Labute approximate surface area is 358 Å². The number of fused-ring (bicyclic) bond motifs is 8. The van der Waals surface area contributed by atoms with Gasteiger partial charge in [0.05, 0.1) is 50.1 Å². The second kappa shape index (κ2) is 14.6. The summed E-state index contributed by atoms with van der Waals surface area (Å²) in [4.78, 5) is 0. The quantitative estimate of drug-likeness (QED) is 0.161. The molecule has 0 amide bonds. The Kier molecular flexibility index (Phi) is 8.56. The summed E-state index contributed by atoms with van der Waals surface area (Å²) in [7, 11) is 0. The van der Waals surface area contributed by atoms with E-state index in [0.717, 1.165) is 94.3 Å². The number of nitrogens with zero attached hydrogens (tertiary/aromatic N) is 5. The van der Waals surface area contributed by atoms with Crippen molar-refractivity contribution < 1.29 is 0 Å². The summed E-state index contributed by atoms with van der Waals surface area (Å²) in [6.45, 7) is 6.29. The molecule has 8 aromatic carbocycles. The molecule has 0 saturated carbocycles. The maximum atomic E-state index is 9.94. The van der Waals surface area contributed by atoms with Crippen LogP contribution >= 0.6 is 0 Å². The van der Waals surface area contributed by atoms with Crippen LogP contribution in [0.1, 0.15) is 29.3 Å². The largest absolute Gasteiger partial charge is 0.309 e. The fourth-order valence-electron chi connectivity index (χ4n) is 9.56. The molecule has 11 rings (SSSR count). The van der Waals surface area contributed by atoms with E-state index >= 15 is 0 Å². The van der Waals surface area contributed by atoms with Crippen molar-refractivity contribution in [1.82, 2.24) is 13.7 Å². The van der Waals surface area contributed by atoms with Gasteiger partial charge in [-0.2, -0.15) is 10.5 Å². The van der Waals surface area contributed by atoms with Crippen LogP contribution in [0.15, 0.2) is 189 Å². The molecule has 5 nitrogen and oxygen atoms in total. The average molecular weight is 792 g/mol. The smallest absolute Gasteiger partial charge is 0.101 e. The van der Waals surface area contributed by atoms with Gasteiger partial charge in [0.1, 0.15) is 12.1 Å². The van der Waals surface area contributed by atoms with E-state index in [1.807, 2.05) is 24.3 Å². The molecule has 0 bridgehead atoms. The zero-order chi connectivity index (χ0) is 41.9. The molecule has 3 heterocycles. The highest BCUT2D eigenvalue weighted by Crippen LogP contribution is 2.45. The number of benzene rings is 8. The number of aromatic nitrogens is 3. The van der Waals surface area contributed by atoms with Crippen LogP contribution in [-0.4, -0.2) is 13.7 Å². The van der Waals surface area contributed by atoms with Crippen molar-refractivity contribution in [2.45, 2.75) is 6.92 Å².